The number of rotatable bonds is 8. The molecule has 1 saturated heterocycles. The fourth-order valence-electron chi connectivity index (χ4n) is 4.12. The second-order valence-electron chi connectivity index (χ2n) is 8.62. The van der Waals surface area contributed by atoms with Crippen LogP contribution in [0, 0.1) is 11.6 Å². The van der Waals surface area contributed by atoms with E-state index in [4.69, 9.17) is 4.74 Å². The van der Waals surface area contributed by atoms with Gasteiger partial charge in [-0.05, 0) is 30.3 Å². The summed E-state index contributed by atoms with van der Waals surface area (Å²) < 4.78 is 62.9. The maximum Gasteiger partial charge on any atom is 0.273 e. The van der Waals surface area contributed by atoms with Gasteiger partial charge in [-0.2, -0.15) is 0 Å². The lowest BCUT2D eigenvalue weighted by molar-refractivity contribution is 0.0390. The van der Waals surface area contributed by atoms with Crippen molar-refractivity contribution in [3.63, 3.8) is 0 Å². The van der Waals surface area contributed by atoms with Crippen molar-refractivity contribution in [2.45, 2.75) is 4.90 Å². The highest BCUT2D eigenvalue weighted by atomic mass is 32.2. The van der Waals surface area contributed by atoms with Gasteiger partial charge in [0, 0.05) is 55.7 Å². The fourth-order valence-corrected chi connectivity index (χ4v) is 5.33. The molecule has 4 aromatic rings. The Bertz CT molecular complexity index is 1570. The van der Waals surface area contributed by atoms with Gasteiger partial charge in [-0.3, -0.25) is 19.8 Å². The number of sulfonamides is 1. The predicted octanol–water partition coefficient (Wildman–Crippen LogP) is 2.37. The minimum Gasteiger partial charge on any atom is -0.379 e. The summed E-state index contributed by atoms with van der Waals surface area (Å²) in [5.74, 6) is -1.45. The molecule has 10 nitrogen and oxygen atoms in total. The zero-order valence-electron chi connectivity index (χ0n) is 20.1. The number of carbonyl (C=O) groups is 1. The lowest BCUT2D eigenvalue weighted by atomic mass is 10.2. The van der Waals surface area contributed by atoms with Crippen LogP contribution in [0.15, 0.2) is 66.0 Å². The van der Waals surface area contributed by atoms with Crippen LogP contribution in [0.5, 0.6) is 0 Å². The third-order valence-electron chi connectivity index (χ3n) is 6.06. The van der Waals surface area contributed by atoms with Crippen molar-refractivity contribution in [2.75, 3.05) is 44.8 Å². The quantitative estimate of drug-likeness (QED) is 0.351. The second-order valence-corrected chi connectivity index (χ2v) is 10.4. The summed E-state index contributed by atoms with van der Waals surface area (Å²) in [7, 11) is -4.03. The summed E-state index contributed by atoms with van der Waals surface area (Å²) >= 11 is 0. The summed E-state index contributed by atoms with van der Waals surface area (Å²) in [5.41, 5.74) is 3.41. The SMILES string of the molecule is O=C(Nn1cc(S(=O)(=O)NCCN2CCOCC2)c2cc(F)ccc21)c1cnc(-c2cccc(F)c2)nc1. The molecule has 5 rings (SSSR count). The van der Waals surface area contributed by atoms with Crippen LogP contribution in [0.25, 0.3) is 22.3 Å². The molecule has 2 aromatic carbocycles. The van der Waals surface area contributed by atoms with Crippen molar-refractivity contribution in [2.24, 2.45) is 0 Å². The monoisotopic (exact) mass is 542 g/mol. The number of ether oxygens (including phenoxy) is 1. The van der Waals surface area contributed by atoms with Gasteiger partial charge in [-0.15, -0.1) is 0 Å². The number of hydrogen-bond donors (Lipinski definition) is 2. The van der Waals surface area contributed by atoms with Crippen LogP contribution in [0.2, 0.25) is 0 Å². The zero-order valence-corrected chi connectivity index (χ0v) is 20.9. The highest BCUT2D eigenvalue weighted by Gasteiger charge is 2.23. The largest absolute Gasteiger partial charge is 0.379 e. The maximum absolute atomic E-state index is 14.1. The fraction of sp³-hybridized carbons (Fsp3) is 0.240. The van der Waals surface area contributed by atoms with Crippen LogP contribution < -0.4 is 10.1 Å². The molecular formula is C25H24F2N6O4S. The van der Waals surface area contributed by atoms with Gasteiger partial charge in [0.2, 0.25) is 10.0 Å². The Kier molecular flexibility index (Phi) is 7.42. The molecule has 0 saturated carbocycles. The lowest BCUT2D eigenvalue weighted by Gasteiger charge is -2.26. The van der Waals surface area contributed by atoms with Gasteiger partial charge in [0.25, 0.3) is 5.91 Å². The van der Waals surface area contributed by atoms with Crippen molar-refractivity contribution < 1.29 is 26.7 Å². The first kappa shape index (κ1) is 25.9. The maximum atomic E-state index is 14.1. The summed E-state index contributed by atoms with van der Waals surface area (Å²) in [6.07, 6.45) is 3.78. The first-order chi connectivity index (χ1) is 18.3. The molecule has 2 aromatic heterocycles. The van der Waals surface area contributed by atoms with Gasteiger partial charge >= 0.3 is 0 Å². The van der Waals surface area contributed by atoms with Gasteiger partial charge < -0.3 is 4.74 Å². The topological polar surface area (TPSA) is 118 Å². The minimum atomic E-state index is -4.03. The molecule has 38 heavy (non-hydrogen) atoms. The van der Waals surface area contributed by atoms with Gasteiger partial charge in [0.1, 0.15) is 16.5 Å². The van der Waals surface area contributed by atoms with Crippen LogP contribution >= 0.6 is 0 Å². The summed E-state index contributed by atoms with van der Waals surface area (Å²) in [6.45, 7) is 3.27. The lowest BCUT2D eigenvalue weighted by Crippen LogP contribution is -2.41. The van der Waals surface area contributed by atoms with E-state index in [9.17, 15) is 22.0 Å². The van der Waals surface area contributed by atoms with E-state index in [2.05, 4.69) is 25.0 Å². The number of hydrogen-bond acceptors (Lipinski definition) is 7. The first-order valence-corrected chi connectivity index (χ1v) is 13.3. The van der Waals surface area contributed by atoms with Crippen LogP contribution in [-0.4, -0.2) is 73.3 Å². The number of halogens is 2. The number of nitrogens with zero attached hydrogens (tertiary/aromatic N) is 4. The molecule has 1 aliphatic rings. The molecule has 0 bridgehead atoms. The number of aromatic nitrogens is 3. The zero-order chi connectivity index (χ0) is 26.7. The molecule has 1 aliphatic heterocycles. The van der Waals surface area contributed by atoms with E-state index in [1.165, 1.54) is 53.6 Å². The Morgan fingerprint density at radius 3 is 2.50 bits per heavy atom. The molecule has 13 heteroatoms. The van der Waals surface area contributed by atoms with Gasteiger partial charge in [-0.1, -0.05) is 12.1 Å². The van der Waals surface area contributed by atoms with E-state index in [1.807, 2.05) is 0 Å². The smallest absolute Gasteiger partial charge is 0.273 e. The number of fused-ring (bicyclic) bond motifs is 1. The molecule has 2 N–H and O–H groups in total. The van der Waals surface area contributed by atoms with Crippen LogP contribution in [0.4, 0.5) is 8.78 Å². The normalized spacial score (nSPS) is 14.6. The van der Waals surface area contributed by atoms with Crippen molar-refractivity contribution in [1.29, 1.82) is 0 Å². The molecule has 0 aliphatic carbocycles. The van der Waals surface area contributed by atoms with E-state index in [-0.39, 0.29) is 33.7 Å². The summed E-state index contributed by atoms with van der Waals surface area (Å²) in [5, 5.41) is 0.113. The first-order valence-electron chi connectivity index (χ1n) is 11.8. The van der Waals surface area contributed by atoms with E-state index in [1.54, 1.807) is 6.07 Å². The Balaban J connectivity index is 1.35. The Morgan fingerprint density at radius 2 is 1.76 bits per heavy atom. The van der Waals surface area contributed by atoms with E-state index in [0.29, 0.717) is 38.4 Å². The number of morpholine rings is 1. The van der Waals surface area contributed by atoms with E-state index >= 15 is 0 Å². The molecule has 198 valence electrons. The van der Waals surface area contributed by atoms with Gasteiger partial charge in [0.05, 0.1) is 24.3 Å². The van der Waals surface area contributed by atoms with E-state index < -0.39 is 27.6 Å². The molecule has 0 unspecified atom stereocenters. The summed E-state index contributed by atoms with van der Waals surface area (Å²) in [4.78, 5) is 23.1. The highest BCUT2D eigenvalue weighted by Crippen LogP contribution is 2.26. The Hall–Kier alpha value is -3.78. The average Bonchev–Trinajstić information content (AvgIpc) is 3.27. The molecule has 0 spiro atoms. The third kappa shape index (κ3) is 5.70. The molecule has 3 heterocycles. The Morgan fingerprint density at radius 1 is 1.03 bits per heavy atom. The second kappa shape index (κ2) is 10.9. The number of benzene rings is 2. The van der Waals surface area contributed by atoms with Crippen molar-refractivity contribution in [1.82, 2.24) is 24.3 Å². The van der Waals surface area contributed by atoms with Crippen LogP contribution in [0.3, 0.4) is 0 Å². The van der Waals surface area contributed by atoms with Crippen molar-refractivity contribution in [3.05, 3.63) is 78.3 Å². The number of carbonyl (C=O) groups excluding carboxylic acids is 1. The number of amides is 1. The van der Waals surface area contributed by atoms with Crippen molar-refractivity contribution >= 4 is 26.8 Å². The van der Waals surface area contributed by atoms with Crippen LogP contribution in [0.1, 0.15) is 10.4 Å². The highest BCUT2D eigenvalue weighted by molar-refractivity contribution is 7.89. The number of nitrogens with one attached hydrogen (secondary N) is 2. The van der Waals surface area contributed by atoms with Gasteiger partial charge in [0.15, 0.2) is 5.82 Å². The molecule has 1 amide bonds. The predicted molar refractivity (Wildman–Crippen MR) is 135 cm³/mol. The molecule has 1 fully saturated rings. The average molecular weight is 543 g/mol. The van der Waals surface area contributed by atoms with Crippen molar-refractivity contribution in [3.8, 4) is 11.4 Å². The standard InChI is InChI=1S/C25H24F2N6O4S/c26-19-3-1-2-17(12-19)24-28-14-18(15-29-24)25(34)31-33-16-23(21-13-20(27)4-5-22(21)33)38(35,36)30-6-7-32-8-10-37-11-9-32/h1-5,12-16,30H,6-11H2,(H,31,34). The minimum absolute atomic E-state index is 0.0853. The third-order valence-corrected chi connectivity index (χ3v) is 7.55. The molecule has 0 atom stereocenters. The van der Waals surface area contributed by atoms with E-state index in [0.717, 1.165) is 6.07 Å². The Labute approximate surface area is 217 Å². The molecule has 0 radical (unpaired) electrons. The molecular weight excluding hydrogens is 518 g/mol. The van der Waals surface area contributed by atoms with Gasteiger partial charge in [-0.25, -0.2) is 31.9 Å². The van der Waals surface area contributed by atoms with Crippen LogP contribution in [-0.2, 0) is 14.8 Å². The summed E-state index contributed by atoms with van der Waals surface area (Å²) in [6, 6.07) is 9.39.